The molecule has 0 unspecified atom stereocenters. The van der Waals surface area contributed by atoms with Gasteiger partial charge in [0.05, 0.1) is 10.6 Å². The topological polar surface area (TPSA) is 83.9 Å². The predicted molar refractivity (Wildman–Crippen MR) is 80.8 cm³/mol. The minimum atomic E-state index is -4.18. The lowest BCUT2D eigenvalue weighted by atomic mass is 10.2. The Bertz CT molecular complexity index is 824. The average molecular weight is 316 g/mol. The van der Waals surface area contributed by atoms with Crippen molar-refractivity contribution in [3.05, 3.63) is 60.2 Å². The van der Waals surface area contributed by atoms with Gasteiger partial charge in [-0.05, 0) is 31.2 Å². The Balaban J connectivity index is 2.60. The molecule has 2 amide bonds. The van der Waals surface area contributed by atoms with Crippen LogP contribution in [0.5, 0.6) is 0 Å². The Labute approximate surface area is 127 Å². The molecule has 2 aromatic carbocycles. The standard InChI is InChI=1S/C15H12N2O4S/c1-12-7-9-14(10-8-12)22(20,21)17(15(19)16-11-18)13-5-3-2-4-6-13/h2-10H,1H3. The summed E-state index contributed by atoms with van der Waals surface area (Å²) >= 11 is 0. The third-order valence-electron chi connectivity index (χ3n) is 2.86. The van der Waals surface area contributed by atoms with Gasteiger partial charge in [-0.15, -0.1) is 4.99 Å². The molecule has 0 N–H and O–H groups in total. The van der Waals surface area contributed by atoms with E-state index >= 15 is 0 Å². The van der Waals surface area contributed by atoms with Crippen LogP contribution in [0.3, 0.4) is 0 Å². The van der Waals surface area contributed by atoms with Crippen LogP contribution in [0.1, 0.15) is 5.56 Å². The van der Waals surface area contributed by atoms with Crippen LogP contribution in [0, 0.1) is 6.92 Å². The Morgan fingerprint density at radius 1 is 1.05 bits per heavy atom. The molecule has 6 nitrogen and oxygen atoms in total. The molecular formula is C15H12N2O4S. The average Bonchev–Trinajstić information content (AvgIpc) is 2.49. The largest absolute Gasteiger partial charge is 0.373 e. The highest BCUT2D eigenvalue weighted by atomic mass is 32.2. The number of rotatable bonds is 3. The maximum Gasteiger partial charge on any atom is 0.373 e. The van der Waals surface area contributed by atoms with Crippen molar-refractivity contribution >= 4 is 27.8 Å². The molecule has 112 valence electrons. The van der Waals surface area contributed by atoms with E-state index in [9.17, 15) is 18.0 Å². The van der Waals surface area contributed by atoms with Crippen molar-refractivity contribution < 1.29 is 18.0 Å². The summed E-state index contributed by atoms with van der Waals surface area (Å²) in [7, 11) is -4.18. The predicted octanol–water partition coefficient (Wildman–Crippen LogP) is 2.65. The van der Waals surface area contributed by atoms with Crippen LogP contribution in [0.15, 0.2) is 64.5 Å². The maximum atomic E-state index is 12.7. The summed E-state index contributed by atoms with van der Waals surface area (Å²) in [5.74, 6) is 0. The number of amides is 2. The second kappa shape index (κ2) is 6.34. The summed E-state index contributed by atoms with van der Waals surface area (Å²) < 4.78 is 25.8. The van der Waals surface area contributed by atoms with Crippen LogP contribution in [0.2, 0.25) is 0 Å². The monoisotopic (exact) mass is 316 g/mol. The first-order valence-corrected chi connectivity index (χ1v) is 7.69. The van der Waals surface area contributed by atoms with E-state index in [0.29, 0.717) is 4.31 Å². The van der Waals surface area contributed by atoms with Gasteiger partial charge in [-0.25, -0.2) is 18.0 Å². The molecule has 0 saturated carbocycles. The molecule has 0 aliphatic rings. The first kappa shape index (κ1) is 15.6. The summed E-state index contributed by atoms with van der Waals surface area (Å²) in [4.78, 5) is 25.1. The van der Waals surface area contributed by atoms with Gasteiger partial charge in [-0.3, -0.25) is 0 Å². The first-order valence-electron chi connectivity index (χ1n) is 6.25. The summed E-state index contributed by atoms with van der Waals surface area (Å²) in [6, 6.07) is 12.5. The van der Waals surface area contributed by atoms with E-state index < -0.39 is 16.1 Å². The maximum absolute atomic E-state index is 12.7. The second-order valence-corrected chi connectivity index (χ2v) is 6.19. The zero-order chi connectivity index (χ0) is 16.2. The smallest absolute Gasteiger partial charge is 0.244 e. The van der Waals surface area contributed by atoms with Crippen molar-refractivity contribution in [1.29, 1.82) is 0 Å². The third-order valence-corrected chi connectivity index (χ3v) is 4.58. The van der Waals surface area contributed by atoms with E-state index in [0.717, 1.165) is 11.6 Å². The van der Waals surface area contributed by atoms with Crippen LogP contribution >= 0.6 is 0 Å². The van der Waals surface area contributed by atoms with Crippen molar-refractivity contribution in [3.63, 3.8) is 0 Å². The fourth-order valence-corrected chi connectivity index (χ4v) is 3.15. The van der Waals surface area contributed by atoms with Gasteiger partial charge in [0.25, 0.3) is 10.0 Å². The van der Waals surface area contributed by atoms with Gasteiger partial charge < -0.3 is 0 Å². The number of benzene rings is 2. The number of sulfonamides is 1. The molecule has 2 aromatic rings. The van der Waals surface area contributed by atoms with Crippen molar-refractivity contribution in [2.75, 3.05) is 4.31 Å². The Morgan fingerprint density at radius 2 is 1.64 bits per heavy atom. The molecule has 22 heavy (non-hydrogen) atoms. The molecule has 0 aliphatic carbocycles. The van der Waals surface area contributed by atoms with Crippen LogP contribution in [0.25, 0.3) is 0 Å². The summed E-state index contributed by atoms with van der Waals surface area (Å²) in [6.45, 7) is 1.81. The number of carbonyl (C=O) groups is 1. The molecule has 0 fully saturated rings. The number of aryl methyl sites for hydroxylation is 1. The fraction of sp³-hybridized carbons (Fsp3) is 0.0667. The summed E-state index contributed by atoms with van der Waals surface area (Å²) in [6.07, 6.45) is 1.07. The summed E-state index contributed by atoms with van der Waals surface area (Å²) in [5.41, 5.74) is 0.967. The van der Waals surface area contributed by atoms with Crippen LogP contribution in [-0.2, 0) is 14.8 Å². The Kier molecular flexibility index (Phi) is 4.50. The lowest BCUT2D eigenvalue weighted by Gasteiger charge is -2.19. The van der Waals surface area contributed by atoms with Gasteiger partial charge in [-0.2, -0.15) is 4.31 Å². The van der Waals surface area contributed by atoms with E-state index in [1.165, 1.54) is 24.3 Å². The zero-order valence-electron chi connectivity index (χ0n) is 11.6. The van der Waals surface area contributed by atoms with Crippen molar-refractivity contribution in [1.82, 2.24) is 0 Å². The zero-order valence-corrected chi connectivity index (χ0v) is 12.4. The lowest BCUT2D eigenvalue weighted by molar-refractivity contribution is 0.257. The van der Waals surface area contributed by atoms with Gasteiger partial charge in [0.2, 0.25) is 6.08 Å². The molecule has 0 aromatic heterocycles. The van der Waals surface area contributed by atoms with Crippen molar-refractivity contribution in [3.8, 4) is 0 Å². The normalized spacial score (nSPS) is 10.6. The number of aliphatic imine (C=N–C) groups is 1. The lowest BCUT2D eigenvalue weighted by Crippen LogP contribution is -2.35. The molecule has 0 heterocycles. The van der Waals surface area contributed by atoms with Crippen molar-refractivity contribution in [2.24, 2.45) is 4.99 Å². The van der Waals surface area contributed by atoms with E-state index in [1.54, 1.807) is 30.3 Å². The second-order valence-electron chi connectivity index (χ2n) is 4.40. The fourth-order valence-electron chi connectivity index (χ4n) is 1.82. The molecule has 2 rings (SSSR count). The first-order chi connectivity index (χ1) is 10.5. The minimum Gasteiger partial charge on any atom is -0.244 e. The quantitative estimate of drug-likeness (QED) is 0.643. The number of nitrogens with zero attached hydrogens (tertiary/aromatic N) is 2. The number of urea groups is 1. The SMILES string of the molecule is Cc1ccc(S(=O)(=O)N(C(=O)N=C=O)c2ccccc2)cc1. The van der Waals surface area contributed by atoms with E-state index in [2.05, 4.69) is 4.99 Å². The van der Waals surface area contributed by atoms with Gasteiger partial charge in [0, 0.05) is 0 Å². The molecule has 0 bridgehead atoms. The third kappa shape index (κ3) is 3.11. The van der Waals surface area contributed by atoms with Gasteiger partial charge in [-0.1, -0.05) is 35.9 Å². The van der Waals surface area contributed by atoms with E-state index in [-0.39, 0.29) is 10.6 Å². The molecule has 0 aliphatic heterocycles. The van der Waals surface area contributed by atoms with E-state index in [1.807, 2.05) is 6.92 Å². The number of hydrogen-bond donors (Lipinski definition) is 0. The highest BCUT2D eigenvalue weighted by molar-refractivity contribution is 7.93. The Hall–Kier alpha value is -2.76. The molecular weight excluding hydrogens is 304 g/mol. The van der Waals surface area contributed by atoms with E-state index in [4.69, 9.17) is 0 Å². The van der Waals surface area contributed by atoms with Crippen LogP contribution < -0.4 is 4.31 Å². The molecule has 0 radical (unpaired) electrons. The molecule has 0 saturated heterocycles. The Morgan fingerprint density at radius 3 is 2.18 bits per heavy atom. The highest BCUT2D eigenvalue weighted by Crippen LogP contribution is 2.24. The van der Waals surface area contributed by atoms with Gasteiger partial charge >= 0.3 is 6.03 Å². The number of anilines is 1. The molecule has 7 heteroatoms. The van der Waals surface area contributed by atoms with Crippen molar-refractivity contribution in [2.45, 2.75) is 11.8 Å². The summed E-state index contributed by atoms with van der Waals surface area (Å²) in [5, 5.41) is 0. The molecule has 0 atom stereocenters. The van der Waals surface area contributed by atoms with Gasteiger partial charge in [0.1, 0.15) is 0 Å². The van der Waals surface area contributed by atoms with Crippen LogP contribution in [0.4, 0.5) is 10.5 Å². The van der Waals surface area contributed by atoms with Crippen LogP contribution in [-0.4, -0.2) is 20.5 Å². The van der Waals surface area contributed by atoms with Gasteiger partial charge in [0.15, 0.2) is 0 Å². The number of hydrogen-bond acceptors (Lipinski definition) is 4. The number of para-hydroxylation sites is 1. The minimum absolute atomic E-state index is 0.0728. The number of isocyanates is 1. The molecule has 0 spiro atoms. The highest BCUT2D eigenvalue weighted by Gasteiger charge is 2.30. The number of carbonyl (C=O) groups excluding carboxylic acids is 2.